The molecule has 2 rings (SSSR count). The molecule has 1 N–H and O–H groups in total. The van der Waals surface area contributed by atoms with Crippen LogP contribution in [0.2, 0.25) is 5.02 Å². The Hall–Kier alpha value is -2.53. The Morgan fingerprint density at radius 3 is 2.43 bits per heavy atom. The smallest absolute Gasteiger partial charge is 0.257 e. The molecule has 120 valence electrons. The zero-order chi connectivity index (χ0) is 16.8. The highest BCUT2D eigenvalue weighted by Crippen LogP contribution is 2.19. The van der Waals surface area contributed by atoms with Crippen LogP contribution >= 0.6 is 11.6 Å². The standard InChI is InChI=1S/C17H17ClN2O3/c1-20(17(22)14-5-3-4-6-15(14)23-2)11-16(21)19-13-9-7-12(18)8-10-13/h3-10H,11H2,1-2H3,(H,19,21). The summed E-state index contributed by atoms with van der Waals surface area (Å²) >= 11 is 5.79. The quantitative estimate of drug-likeness (QED) is 0.915. The number of hydrogen-bond acceptors (Lipinski definition) is 3. The van der Waals surface area contributed by atoms with E-state index >= 15 is 0 Å². The van der Waals surface area contributed by atoms with Crippen molar-refractivity contribution >= 4 is 29.1 Å². The van der Waals surface area contributed by atoms with E-state index in [1.54, 1.807) is 55.6 Å². The minimum atomic E-state index is -0.293. The van der Waals surface area contributed by atoms with E-state index in [-0.39, 0.29) is 18.4 Å². The molecule has 0 saturated heterocycles. The van der Waals surface area contributed by atoms with Crippen LogP contribution in [-0.2, 0) is 4.79 Å². The summed E-state index contributed by atoms with van der Waals surface area (Å²) in [6, 6.07) is 13.6. The van der Waals surface area contributed by atoms with Gasteiger partial charge >= 0.3 is 0 Å². The number of carbonyl (C=O) groups is 2. The number of methoxy groups -OCH3 is 1. The number of nitrogens with one attached hydrogen (secondary N) is 1. The number of carbonyl (C=O) groups excluding carboxylic acids is 2. The van der Waals surface area contributed by atoms with Crippen LogP contribution in [0.1, 0.15) is 10.4 Å². The fourth-order valence-electron chi connectivity index (χ4n) is 2.05. The van der Waals surface area contributed by atoms with Crippen molar-refractivity contribution in [3.63, 3.8) is 0 Å². The van der Waals surface area contributed by atoms with Crippen LogP contribution in [0.25, 0.3) is 0 Å². The Morgan fingerprint density at radius 2 is 1.78 bits per heavy atom. The van der Waals surface area contributed by atoms with Crippen LogP contribution in [0.5, 0.6) is 5.75 Å². The molecule has 2 amide bonds. The van der Waals surface area contributed by atoms with Crippen LogP contribution in [0.3, 0.4) is 0 Å². The summed E-state index contributed by atoms with van der Waals surface area (Å²) < 4.78 is 5.17. The Bertz CT molecular complexity index is 701. The van der Waals surface area contributed by atoms with E-state index in [9.17, 15) is 9.59 Å². The molecule has 0 aliphatic rings. The van der Waals surface area contributed by atoms with Crippen molar-refractivity contribution in [3.8, 4) is 5.75 Å². The fraction of sp³-hybridized carbons (Fsp3) is 0.176. The highest BCUT2D eigenvalue weighted by Gasteiger charge is 2.18. The predicted octanol–water partition coefficient (Wildman–Crippen LogP) is 3.06. The van der Waals surface area contributed by atoms with E-state index in [4.69, 9.17) is 16.3 Å². The fourth-order valence-corrected chi connectivity index (χ4v) is 2.17. The lowest BCUT2D eigenvalue weighted by atomic mass is 10.2. The molecule has 0 atom stereocenters. The number of nitrogens with zero attached hydrogens (tertiary/aromatic N) is 1. The Labute approximate surface area is 139 Å². The molecular weight excluding hydrogens is 316 g/mol. The lowest BCUT2D eigenvalue weighted by Crippen LogP contribution is -2.35. The van der Waals surface area contributed by atoms with Gasteiger partial charge in [0, 0.05) is 17.8 Å². The normalized spacial score (nSPS) is 10.0. The van der Waals surface area contributed by atoms with Gasteiger partial charge < -0.3 is 15.0 Å². The highest BCUT2D eigenvalue weighted by atomic mass is 35.5. The number of para-hydroxylation sites is 1. The largest absolute Gasteiger partial charge is 0.496 e. The maximum atomic E-state index is 12.4. The summed E-state index contributed by atoms with van der Waals surface area (Å²) in [5, 5.41) is 3.30. The van der Waals surface area contributed by atoms with Crippen molar-refractivity contribution in [1.82, 2.24) is 4.90 Å². The zero-order valence-corrected chi connectivity index (χ0v) is 13.6. The second kappa shape index (κ2) is 7.65. The Kier molecular flexibility index (Phi) is 5.60. The van der Waals surface area contributed by atoms with E-state index in [1.165, 1.54) is 12.0 Å². The van der Waals surface area contributed by atoms with Crippen molar-refractivity contribution < 1.29 is 14.3 Å². The van der Waals surface area contributed by atoms with E-state index < -0.39 is 0 Å². The summed E-state index contributed by atoms with van der Waals surface area (Å²) in [6.45, 7) is -0.0699. The van der Waals surface area contributed by atoms with Crippen LogP contribution in [0.15, 0.2) is 48.5 Å². The minimum Gasteiger partial charge on any atom is -0.496 e. The number of benzene rings is 2. The maximum absolute atomic E-state index is 12.4. The third-order valence-electron chi connectivity index (χ3n) is 3.19. The minimum absolute atomic E-state index is 0.0699. The van der Waals surface area contributed by atoms with Crippen LogP contribution in [-0.4, -0.2) is 37.4 Å². The van der Waals surface area contributed by atoms with Gasteiger partial charge in [0.2, 0.25) is 5.91 Å². The van der Waals surface area contributed by atoms with Crippen LogP contribution in [0.4, 0.5) is 5.69 Å². The molecule has 0 aliphatic heterocycles. The number of anilines is 1. The van der Waals surface area contributed by atoms with E-state index in [2.05, 4.69) is 5.32 Å². The molecule has 0 spiro atoms. The van der Waals surface area contributed by atoms with Gasteiger partial charge in [0.25, 0.3) is 5.91 Å². The summed E-state index contributed by atoms with van der Waals surface area (Å²) in [5.74, 6) is -0.103. The lowest BCUT2D eigenvalue weighted by Gasteiger charge is -2.18. The van der Waals surface area contributed by atoms with Gasteiger partial charge in [0.05, 0.1) is 19.2 Å². The van der Waals surface area contributed by atoms with E-state index in [0.29, 0.717) is 22.0 Å². The van der Waals surface area contributed by atoms with Gasteiger partial charge in [0.15, 0.2) is 0 Å². The predicted molar refractivity (Wildman–Crippen MR) is 90.0 cm³/mol. The maximum Gasteiger partial charge on any atom is 0.257 e. The third-order valence-corrected chi connectivity index (χ3v) is 3.44. The van der Waals surface area contributed by atoms with Crippen LogP contribution in [0, 0.1) is 0 Å². The average molecular weight is 333 g/mol. The first-order valence-corrected chi connectivity index (χ1v) is 7.33. The lowest BCUT2D eigenvalue weighted by molar-refractivity contribution is -0.116. The molecule has 0 fully saturated rings. The first-order chi connectivity index (χ1) is 11.0. The summed E-state index contributed by atoms with van der Waals surface area (Å²) in [7, 11) is 3.07. The monoisotopic (exact) mass is 332 g/mol. The van der Waals surface area contributed by atoms with E-state index in [1.807, 2.05) is 0 Å². The average Bonchev–Trinajstić information content (AvgIpc) is 2.56. The number of hydrogen-bond donors (Lipinski definition) is 1. The number of halogens is 1. The molecule has 6 heteroatoms. The molecule has 0 unspecified atom stereocenters. The molecule has 0 aliphatic carbocycles. The zero-order valence-electron chi connectivity index (χ0n) is 12.9. The van der Waals surface area contributed by atoms with Crippen molar-refractivity contribution in [1.29, 1.82) is 0 Å². The Balaban J connectivity index is 2.00. The topological polar surface area (TPSA) is 58.6 Å². The summed E-state index contributed by atoms with van der Waals surface area (Å²) in [6.07, 6.45) is 0. The van der Waals surface area contributed by atoms with Crippen molar-refractivity contribution in [3.05, 3.63) is 59.1 Å². The first-order valence-electron chi connectivity index (χ1n) is 6.95. The van der Waals surface area contributed by atoms with Gasteiger partial charge in [-0.25, -0.2) is 0 Å². The van der Waals surface area contributed by atoms with Gasteiger partial charge in [-0.2, -0.15) is 0 Å². The summed E-state index contributed by atoms with van der Waals surface area (Å²) in [5.41, 5.74) is 1.04. The van der Waals surface area contributed by atoms with E-state index in [0.717, 1.165) is 0 Å². The number of ether oxygens (including phenoxy) is 1. The number of rotatable bonds is 5. The highest BCUT2D eigenvalue weighted by molar-refractivity contribution is 6.30. The SMILES string of the molecule is COc1ccccc1C(=O)N(C)CC(=O)Nc1ccc(Cl)cc1. The van der Waals surface area contributed by atoms with Gasteiger partial charge in [0.1, 0.15) is 5.75 Å². The summed E-state index contributed by atoms with van der Waals surface area (Å²) in [4.78, 5) is 25.8. The molecule has 0 bridgehead atoms. The number of likely N-dealkylation sites (N-methyl/N-ethyl adjacent to an activating group) is 1. The molecule has 2 aromatic carbocycles. The van der Waals surface area contributed by atoms with Crippen molar-refractivity contribution in [2.45, 2.75) is 0 Å². The molecule has 2 aromatic rings. The molecule has 0 saturated carbocycles. The molecule has 0 aromatic heterocycles. The molecule has 0 radical (unpaired) electrons. The van der Waals surface area contributed by atoms with Gasteiger partial charge in [-0.15, -0.1) is 0 Å². The van der Waals surface area contributed by atoms with Crippen LogP contribution < -0.4 is 10.1 Å². The second-order valence-corrected chi connectivity index (χ2v) is 5.35. The third kappa shape index (κ3) is 4.47. The first kappa shape index (κ1) is 16.8. The molecule has 23 heavy (non-hydrogen) atoms. The second-order valence-electron chi connectivity index (χ2n) is 4.92. The van der Waals surface area contributed by atoms with Crippen molar-refractivity contribution in [2.24, 2.45) is 0 Å². The number of amides is 2. The van der Waals surface area contributed by atoms with Gasteiger partial charge in [-0.1, -0.05) is 23.7 Å². The molecular formula is C17H17ClN2O3. The van der Waals surface area contributed by atoms with Crippen molar-refractivity contribution in [2.75, 3.05) is 26.0 Å². The Morgan fingerprint density at radius 1 is 1.13 bits per heavy atom. The molecule has 0 heterocycles. The van der Waals surface area contributed by atoms with Gasteiger partial charge in [-0.05, 0) is 36.4 Å². The van der Waals surface area contributed by atoms with Gasteiger partial charge in [-0.3, -0.25) is 9.59 Å². The molecule has 5 nitrogen and oxygen atoms in total.